The molecule has 0 atom stereocenters. The molecule has 1 aliphatic rings. The van der Waals surface area contributed by atoms with Gasteiger partial charge in [-0.05, 0) is 42.0 Å². The summed E-state index contributed by atoms with van der Waals surface area (Å²) in [7, 11) is 1.58. The van der Waals surface area contributed by atoms with Crippen molar-refractivity contribution < 1.29 is 19.1 Å². The number of rotatable bonds is 7. The molecule has 6 nitrogen and oxygen atoms in total. The summed E-state index contributed by atoms with van der Waals surface area (Å²) in [4.78, 5) is 37.4. The summed E-state index contributed by atoms with van der Waals surface area (Å²) < 4.78 is 5.08. The normalized spacial score (nSPS) is 15.9. The fourth-order valence-electron chi connectivity index (χ4n) is 2.09. The molecule has 1 aliphatic heterocycles. The highest BCUT2D eigenvalue weighted by molar-refractivity contribution is 8.18. The average Bonchev–Trinajstić information content (AvgIpc) is 2.83. The van der Waals surface area contributed by atoms with E-state index in [1.54, 1.807) is 37.5 Å². The Morgan fingerprint density at radius 3 is 2.62 bits per heavy atom. The van der Waals surface area contributed by atoms with Gasteiger partial charge in [0, 0.05) is 6.54 Å². The molecule has 2 rings (SSSR count). The second-order valence-electron chi connectivity index (χ2n) is 5.24. The van der Waals surface area contributed by atoms with Crippen LogP contribution in [-0.2, 0) is 9.59 Å². The highest BCUT2D eigenvalue weighted by Gasteiger charge is 2.36. The van der Waals surface area contributed by atoms with Crippen LogP contribution < -0.4 is 10.1 Å². The van der Waals surface area contributed by atoms with Crippen LogP contribution in [0, 0.1) is 0 Å². The molecule has 24 heavy (non-hydrogen) atoms. The van der Waals surface area contributed by atoms with Crippen molar-refractivity contribution in [2.24, 2.45) is 0 Å². The highest BCUT2D eigenvalue weighted by atomic mass is 32.2. The number of imide groups is 1. The number of hydrogen-bond acceptors (Lipinski definition) is 5. The first-order valence-electron chi connectivity index (χ1n) is 7.71. The van der Waals surface area contributed by atoms with Gasteiger partial charge in [-0.25, -0.2) is 0 Å². The lowest BCUT2D eigenvalue weighted by atomic mass is 10.2. The molecular weight excluding hydrogens is 328 g/mol. The molecule has 1 saturated heterocycles. The molecule has 1 heterocycles. The van der Waals surface area contributed by atoms with E-state index in [0.29, 0.717) is 17.2 Å². The van der Waals surface area contributed by atoms with Crippen LogP contribution in [0.1, 0.15) is 25.3 Å². The quantitative estimate of drug-likeness (QED) is 0.606. The van der Waals surface area contributed by atoms with Gasteiger partial charge in [0.1, 0.15) is 12.3 Å². The number of thioether (sulfide) groups is 1. The van der Waals surface area contributed by atoms with Crippen LogP contribution in [-0.4, -0.2) is 42.2 Å². The summed E-state index contributed by atoms with van der Waals surface area (Å²) in [6.07, 6.45) is 3.47. The van der Waals surface area contributed by atoms with Crippen LogP contribution in [0.5, 0.6) is 5.75 Å². The van der Waals surface area contributed by atoms with Crippen LogP contribution >= 0.6 is 11.8 Å². The summed E-state index contributed by atoms with van der Waals surface area (Å²) >= 11 is 0.844. The SMILES string of the molecule is CCCCNC(=O)CN1C(=O)S/C(=C\c2ccc(OC)cc2)C1=O. The van der Waals surface area contributed by atoms with E-state index < -0.39 is 11.1 Å². The Morgan fingerprint density at radius 1 is 1.29 bits per heavy atom. The van der Waals surface area contributed by atoms with Crippen LogP contribution in [0.3, 0.4) is 0 Å². The Morgan fingerprint density at radius 2 is 2.00 bits per heavy atom. The van der Waals surface area contributed by atoms with Crippen molar-refractivity contribution in [2.75, 3.05) is 20.2 Å². The number of nitrogens with one attached hydrogen (secondary N) is 1. The number of ether oxygens (including phenoxy) is 1. The van der Waals surface area contributed by atoms with Crippen molar-refractivity contribution in [1.29, 1.82) is 0 Å². The number of hydrogen-bond donors (Lipinski definition) is 1. The molecule has 0 aromatic heterocycles. The van der Waals surface area contributed by atoms with Gasteiger partial charge in [0.25, 0.3) is 11.1 Å². The van der Waals surface area contributed by atoms with E-state index in [0.717, 1.165) is 35.1 Å². The zero-order valence-corrected chi connectivity index (χ0v) is 14.5. The van der Waals surface area contributed by atoms with E-state index in [4.69, 9.17) is 4.74 Å². The maximum atomic E-state index is 12.3. The van der Waals surface area contributed by atoms with Crippen LogP contribution in [0.2, 0.25) is 0 Å². The third-order valence-electron chi connectivity index (χ3n) is 3.44. The van der Waals surface area contributed by atoms with Crippen LogP contribution in [0.4, 0.5) is 4.79 Å². The number of nitrogens with zero attached hydrogens (tertiary/aromatic N) is 1. The Labute approximate surface area is 145 Å². The highest BCUT2D eigenvalue weighted by Crippen LogP contribution is 2.32. The van der Waals surface area contributed by atoms with Crippen molar-refractivity contribution >= 4 is 34.9 Å². The molecule has 1 aromatic rings. The summed E-state index contributed by atoms with van der Waals surface area (Å²) in [6, 6.07) is 7.14. The fraction of sp³-hybridized carbons (Fsp3) is 0.353. The minimum absolute atomic E-state index is 0.242. The van der Waals surface area contributed by atoms with Crippen molar-refractivity contribution in [3.8, 4) is 5.75 Å². The minimum Gasteiger partial charge on any atom is -0.497 e. The van der Waals surface area contributed by atoms with E-state index >= 15 is 0 Å². The van der Waals surface area contributed by atoms with Gasteiger partial charge in [-0.2, -0.15) is 0 Å². The standard InChI is InChI=1S/C17H20N2O4S/c1-3-4-9-18-15(20)11-19-16(21)14(24-17(19)22)10-12-5-7-13(23-2)8-6-12/h5-8,10H,3-4,9,11H2,1-2H3,(H,18,20)/b14-10-. The number of benzene rings is 1. The Hall–Kier alpha value is -2.28. The van der Waals surface area contributed by atoms with Gasteiger partial charge >= 0.3 is 0 Å². The lowest BCUT2D eigenvalue weighted by molar-refractivity contribution is -0.129. The van der Waals surface area contributed by atoms with Crippen LogP contribution in [0.25, 0.3) is 6.08 Å². The molecule has 0 bridgehead atoms. The molecule has 0 saturated carbocycles. The zero-order valence-electron chi connectivity index (χ0n) is 13.7. The number of carbonyl (C=O) groups is 3. The molecule has 0 aliphatic carbocycles. The van der Waals surface area contributed by atoms with E-state index in [1.165, 1.54) is 0 Å². The van der Waals surface area contributed by atoms with Crippen molar-refractivity contribution in [3.05, 3.63) is 34.7 Å². The predicted octanol–water partition coefficient (Wildman–Crippen LogP) is 2.65. The number of methoxy groups -OCH3 is 1. The van der Waals surface area contributed by atoms with Crippen molar-refractivity contribution in [1.82, 2.24) is 10.2 Å². The second kappa shape index (κ2) is 8.54. The fourth-order valence-corrected chi connectivity index (χ4v) is 2.93. The van der Waals surface area contributed by atoms with Gasteiger partial charge in [0.15, 0.2) is 0 Å². The van der Waals surface area contributed by atoms with Crippen LogP contribution in [0.15, 0.2) is 29.2 Å². The molecule has 1 N–H and O–H groups in total. The third-order valence-corrected chi connectivity index (χ3v) is 4.35. The lowest BCUT2D eigenvalue weighted by Crippen LogP contribution is -2.39. The summed E-state index contributed by atoms with van der Waals surface area (Å²) in [5.74, 6) is -0.0492. The third kappa shape index (κ3) is 4.61. The Balaban J connectivity index is 2.02. The van der Waals surface area contributed by atoms with Crippen molar-refractivity contribution in [3.63, 3.8) is 0 Å². The molecule has 0 spiro atoms. The second-order valence-corrected chi connectivity index (χ2v) is 6.24. The van der Waals surface area contributed by atoms with Gasteiger partial charge in [0.2, 0.25) is 5.91 Å². The van der Waals surface area contributed by atoms with E-state index in [-0.39, 0.29) is 12.5 Å². The lowest BCUT2D eigenvalue weighted by Gasteiger charge is -2.12. The molecule has 3 amide bonds. The predicted molar refractivity (Wildman–Crippen MR) is 93.6 cm³/mol. The Kier molecular flexibility index (Phi) is 6.43. The molecular formula is C17H20N2O4S. The molecule has 7 heteroatoms. The topological polar surface area (TPSA) is 75.7 Å². The van der Waals surface area contributed by atoms with Gasteiger partial charge in [0.05, 0.1) is 12.0 Å². The van der Waals surface area contributed by atoms with Gasteiger partial charge in [-0.3, -0.25) is 19.3 Å². The maximum absolute atomic E-state index is 12.3. The van der Waals surface area contributed by atoms with E-state index in [2.05, 4.69) is 5.32 Å². The summed E-state index contributed by atoms with van der Waals surface area (Å²) in [5.41, 5.74) is 0.786. The summed E-state index contributed by atoms with van der Waals surface area (Å²) in [5, 5.41) is 2.28. The van der Waals surface area contributed by atoms with E-state index in [1.807, 2.05) is 6.92 Å². The number of amides is 3. The molecule has 1 aromatic carbocycles. The Bertz CT molecular complexity index is 655. The first-order valence-corrected chi connectivity index (χ1v) is 8.53. The first kappa shape index (κ1) is 18.1. The van der Waals surface area contributed by atoms with E-state index in [9.17, 15) is 14.4 Å². The van der Waals surface area contributed by atoms with Crippen molar-refractivity contribution in [2.45, 2.75) is 19.8 Å². The molecule has 0 radical (unpaired) electrons. The zero-order chi connectivity index (χ0) is 17.5. The first-order chi connectivity index (χ1) is 11.5. The molecule has 128 valence electrons. The average molecular weight is 348 g/mol. The minimum atomic E-state index is -0.438. The monoisotopic (exact) mass is 348 g/mol. The maximum Gasteiger partial charge on any atom is 0.294 e. The van der Waals surface area contributed by atoms with Gasteiger partial charge in [-0.15, -0.1) is 0 Å². The summed E-state index contributed by atoms with van der Waals surface area (Å²) in [6.45, 7) is 2.33. The van der Waals surface area contributed by atoms with Gasteiger partial charge < -0.3 is 10.1 Å². The van der Waals surface area contributed by atoms with Gasteiger partial charge in [-0.1, -0.05) is 25.5 Å². The largest absolute Gasteiger partial charge is 0.497 e. The number of unbranched alkanes of at least 4 members (excludes halogenated alkanes) is 1. The molecule has 1 fully saturated rings. The smallest absolute Gasteiger partial charge is 0.294 e. The molecule has 0 unspecified atom stereocenters. The number of carbonyl (C=O) groups excluding carboxylic acids is 3.